The second-order valence-electron chi connectivity index (χ2n) is 5.97. The lowest BCUT2D eigenvalue weighted by Crippen LogP contribution is -2.35. The third kappa shape index (κ3) is 5.21. The first-order valence-corrected chi connectivity index (χ1v) is 9.02. The Morgan fingerprint density at radius 1 is 1.00 bits per heavy atom. The first kappa shape index (κ1) is 13.7. The van der Waals surface area contributed by atoms with Crippen LogP contribution in [0, 0.1) is 11.8 Å². The van der Waals surface area contributed by atoms with Crippen LogP contribution in [0.3, 0.4) is 0 Å². The summed E-state index contributed by atoms with van der Waals surface area (Å²) in [6.07, 6.45) is 15.4. The predicted molar refractivity (Wildman–Crippen MR) is 78.7 cm³/mol. The summed E-state index contributed by atoms with van der Waals surface area (Å²) in [7, 11) is 0. The minimum Gasteiger partial charge on any atom is -0.314 e. The van der Waals surface area contributed by atoms with Gasteiger partial charge in [-0.2, -0.15) is 11.8 Å². The monoisotopic (exact) mass is 255 g/mol. The van der Waals surface area contributed by atoms with Crippen molar-refractivity contribution in [3.8, 4) is 0 Å². The zero-order valence-corrected chi connectivity index (χ0v) is 12.2. The van der Waals surface area contributed by atoms with E-state index >= 15 is 0 Å². The molecule has 0 amide bonds. The van der Waals surface area contributed by atoms with Crippen molar-refractivity contribution in [2.24, 2.45) is 11.8 Å². The number of hydrogen-bond donors (Lipinski definition) is 1. The van der Waals surface area contributed by atoms with Gasteiger partial charge in [0.2, 0.25) is 0 Å². The van der Waals surface area contributed by atoms with Gasteiger partial charge >= 0.3 is 0 Å². The van der Waals surface area contributed by atoms with Crippen molar-refractivity contribution < 1.29 is 0 Å². The Morgan fingerprint density at radius 3 is 2.65 bits per heavy atom. The zero-order chi connectivity index (χ0) is 11.9. The number of unbranched alkanes of at least 4 members (excludes halogenated alkanes) is 2. The number of thioether (sulfide) groups is 1. The summed E-state index contributed by atoms with van der Waals surface area (Å²) >= 11 is 1.98. The Balaban J connectivity index is 1.49. The molecule has 17 heavy (non-hydrogen) atoms. The lowest BCUT2D eigenvalue weighted by molar-refractivity contribution is 0.260. The molecule has 1 nitrogen and oxygen atoms in total. The van der Waals surface area contributed by atoms with E-state index in [0.29, 0.717) is 0 Å². The molecule has 2 saturated carbocycles. The van der Waals surface area contributed by atoms with E-state index in [-0.39, 0.29) is 0 Å². The average molecular weight is 255 g/mol. The molecule has 2 unspecified atom stereocenters. The number of nitrogens with one attached hydrogen (secondary N) is 1. The Bertz CT molecular complexity index is 203. The van der Waals surface area contributed by atoms with Gasteiger partial charge in [0.15, 0.2) is 0 Å². The molecule has 0 heterocycles. The molecule has 2 atom stereocenters. The summed E-state index contributed by atoms with van der Waals surface area (Å²) in [6.45, 7) is 1.26. The highest BCUT2D eigenvalue weighted by Gasteiger charge is 2.34. The van der Waals surface area contributed by atoms with Crippen LogP contribution in [0.1, 0.15) is 57.8 Å². The fraction of sp³-hybridized carbons (Fsp3) is 1.00. The molecule has 0 aromatic rings. The van der Waals surface area contributed by atoms with Gasteiger partial charge in [-0.3, -0.25) is 0 Å². The third-order valence-corrected chi connectivity index (χ3v) is 5.16. The van der Waals surface area contributed by atoms with Crippen LogP contribution in [0.25, 0.3) is 0 Å². The minimum absolute atomic E-state index is 0.856. The fourth-order valence-electron chi connectivity index (χ4n) is 3.26. The van der Waals surface area contributed by atoms with Gasteiger partial charge in [0.25, 0.3) is 0 Å². The van der Waals surface area contributed by atoms with Crippen molar-refractivity contribution in [1.82, 2.24) is 5.32 Å². The topological polar surface area (TPSA) is 12.0 Å². The van der Waals surface area contributed by atoms with Crippen molar-refractivity contribution in [3.63, 3.8) is 0 Å². The van der Waals surface area contributed by atoms with Gasteiger partial charge in [-0.25, -0.2) is 0 Å². The molecule has 0 aromatic carbocycles. The van der Waals surface area contributed by atoms with Gasteiger partial charge in [0, 0.05) is 6.04 Å². The third-order valence-electron chi connectivity index (χ3n) is 4.46. The number of rotatable bonds is 8. The lowest BCUT2D eigenvalue weighted by atomic mass is 9.82. The molecule has 2 fully saturated rings. The van der Waals surface area contributed by atoms with Crippen LogP contribution in [0.15, 0.2) is 0 Å². The van der Waals surface area contributed by atoms with Crippen LogP contribution in [0.2, 0.25) is 0 Å². The Hall–Kier alpha value is 0.310. The quantitative estimate of drug-likeness (QED) is 0.656. The van der Waals surface area contributed by atoms with E-state index < -0.39 is 0 Å². The predicted octanol–water partition coefficient (Wildman–Crippen LogP) is 4.08. The molecule has 0 spiro atoms. The van der Waals surface area contributed by atoms with E-state index in [9.17, 15) is 0 Å². The van der Waals surface area contributed by atoms with E-state index in [2.05, 4.69) is 11.6 Å². The van der Waals surface area contributed by atoms with Crippen molar-refractivity contribution >= 4 is 11.8 Å². The molecule has 2 heteroatoms. The van der Waals surface area contributed by atoms with Crippen LogP contribution in [0.5, 0.6) is 0 Å². The molecule has 2 rings (SSSR count). The average Bonchev–Trinajstić information content (AvgIpc) is 3.18. The highest BCUT2D eigenvalue weighted by molar-refractivity contribution is 7.98. The first-order valence-electron chi connectivity index (χ1n) is 7.62. The van der Waals surface area contributed by atoms with E-state index in [4.69, 9.17) is 0 Å². The highest BCUT2D eigenvalue weighted by atomic mass is 32.2. The lowest BCUT2D eigenvalue weighted by Gasteiger charge is -2.30. The molecule has 0 bridgehead atoms. The van der Waals surface area contributed by atoms with Crippen molar-refractivity contribution in [2.75, 3.05) is 18.6 Å². The maximum Gasteiger partial charge on any atom is 0.00698 e. The molecule has 2 aliphatic carbocycles. The van der Waals surface area contributed by atoms with Crippen LogP contribution >= 0.6 is 11.8 Å². The molecule has 0 aliphatic heterocycles. The fourth-order valence-corrected chi connectivity index (χ4v) is 3.76. The number of hydrogen-bond acceptors (Lipinski definition) is 2. The summed E-state index contributed by atoms with van der Waals surface area (Å²) in [5.41, 5.74) is 0. The van der Waals surface area contributed by atoms with Gasteiger partial charge < -0.3 is 5.32 Å². The van der Waals surface area contributed by atoms with E-state index in [0.717, 1.165) is 17.9 Å². The first-order chi connectivity index (χ1) is 8.40. The maximum absolute atomic E-state index is 3.80. The van der Waals surface area contributed by atoms with Crippen molar-refractivity contribution in [1.29, 1.82) is 0 Å². The Labute approximate surface area is 112 Å². The Kier molecular flexibility index (Phi) is 6.21. The molecule has 2 aliphatic rings. The minimum atomic E-state index is 0.856. The molecular weight excluding hydrogens is 226 g/mol. The summed E-state index contributed by atoms with van der Waals surface area (Å²) < 4.78 is 0. The van der Waals surface area contributed by atoms with Crippen molar-refractivity contribution in [2.45, 2.75) is 63.8 Å². The van der Waals surface area contributed by atoms with Gasteiger partial charge in [0.05, 0.1) is 0 Å². The van der Waals surface area contributed by atoms with Gasteiger partial charge in [-0.15, -0.1) is 0 Å². The summed E-state index contributed by atoms with van der Waals surface area (Å²) in [4.78, 5) is 0. The van der Waals surface area contributed by atoms with E-state index in [1.165, 1.54) is 70.1 Å². The molecule has 0 radical (unpaired) electrons. The van der Waals surface area contributed by atoms with Crippen LogP contribution < -0.4 is 5.32 Å². The van der Waals surface area contributed by atoms with Crippen LogP contribution in [-0.2, 0) is 0 Å². The van der Waals surface area contributed by atoms with Gasteiger partial charge in [-0.05, 0) is 68.9 Å². The summed E-state index contributed by atoms with van der Waals surface area (Å²) in [6, 6.07) is 0.856. The van der Waals surface area contributed by atoms with E-state index in [1.807, 2.05) is 11.8 Å². The molecule has 100 valence electrons. The SMILES string of the molecule is CSCCCCCNC1CCCC(C2CC2)C1. The van der Waals surface area contributed by atoms with Crippen LogP contribution in [-0.4, -0.2) is 24.6 Å². The van der Waals surface area contributed by atoms with Gasteiger partial charge in [-0.1, -0.05) is 19.3 Å². The van der Waals surface area contributed by atoms with Crippen LogP contribution in [0.4, 0.5) is 0 Å². The highest BCUT2D eigenvalue weighted by Crippen LogP contribution is 2.43. The second kappa shape index (κ2) is 7.68. The molecule has 0 saturated heterocycles. The maximum atomic E-state index is 3.80. The summed E-state index contributed by atoms with van der Waals surface area (Å²) in [5, 5.41) is 3.80. The molecule has 1 N–H and O–H groups in total. The van der Waals surface area contributed by atoms with E-state index in [1.54, 1.807) is 0 Å². The zero-order valence-electron chi connectivity index (χ0n) is 11.4. The summed E-state index contributed by atoms with van der Waals surface area (Å²) in [5.74, 6) is 3.55. The smallest absolute Gasteiger partial charge is 0.00698 e. The largest absolute Gasteiger partial charge is 0.314 e. The second-order valence-corrected chi connectivity index (χ2v) is 6.95. The van der Waals surface area contributed by atoms with Crippen molar-refractivity contribution in [3.05, 3.63) is 0 Å². The normalized spacial score (nSPS) is 29.5. The molecule has 0 aromatic heterocycles. The molecular formula is C15H29NS. The Morgan fingerprint density at radius 2 is 1.88 bits per heavy atom. The standard InChI is InChI=1S/C15H29NS/c1-17-11-4-2-3-10-16-15-7-5-6-14(12-15)13-8-9-13/h13-16H,2-12H2,1H3. The van der Waals surface area contributed by atoms with Gasteiger partial charge in [0.1, 0.15) is 0 Å².